The molecule has 0 bridgehead atoms. The average Bonchev–Trinajstić information content (AvgIpc) is 2.35. The molecule has 0 amide bonds. The Kier molecular flexibility index (Phi) is 4.19. The molecular weight excluding hydrogens is 258 g/mol. The molecule has 1 aromatic rings. The van der Waals surface area contributed by atoms with E-state index in [1.165, 1.54) is 0 Å². The zero-order chi connectivity index (χ0) is 14.0. The van der Waals surface area contributed by atoms with Gasteiger partial charge in [-0.2, -0.15) is 0 Å². The van der Waals surface area contributed by atoms with E-state index >= 15 is 0 Å². The standard InChI is InChI=1S/C15H23NO2S/c1-11-5-3-7-14(9-11)19(17,18)10-13-6-4-8-15(16)12(13)2/h4,6,8,11,14H,3,5,7,9-10,16H2,1-2H3. The molecule has 0 aromatic heterocycles. The molecule has 1 aliphatic carbocycles. The average molecular weight is 281 g/mol. The molecule has 106 valence electrons. The lowest BCUT2D eigenvalue weighted by Crippen LogP contribution is -2.28. The van der Waals surface area contributed by atoms with Crippen molar-refractivity contribution in [1.29, 1.82) is 0 Å². The zero-order valence-electron chi connectivity index (χ0n) is 11.7. The van der Waals surface area contributed by atoms with Gasteiger partial charge < -0.3 is 5.73 Å². The zero-order valence-corrected chi connectivity index (χ0v) is 12.5. The van der Waals surface area contributed by atoms with Crippen LogP contribution in [0.1, 0.15) is 43.7 Å². The van der Waals surface area contributed by atoms with Crippen LogP contribution in [0.5, 0.6) is 0 Å². The predicted molar refractivity (Wildman–Crippen MR) is 79.6 cm³/mol. The molecule has 2 rings (SSSR count). The van der Waals surface area contributed by atoms with E-state index in [1.807, 2.05) is 25.1 Å². The Morgan fingerprint density at radius 3 is 2.74 bits per heavy atom. The van der Waals surface area contributed by atoms with E-state index in [-0.39, 0.29) is 11.0 Å². The lowest BCUT2D eigenvalue weighted by Gasteiger charge is -2.26. The summed E-state index contributed by atoms with van der Waals surface area (Å²) in [6.45, 7) is 4.04. The van der Waals surface area contributed by atoms with Crippen LogP contribution in [0.2, 0.25) is 0 Å². The van der Waals surface area contributed by atoms with Gasteiger partial charge in [0.1, 0.15) is 0 Å². The molecule has 1 aromatic carbocycles. The molecule has 2 unspecified atom stereocenters. The molecule has 2 N–H and O–H groups in total. The van der Waals surface area contributed by atoms with E-state index in [1.54, 1.807) is 0 Å². The number of hydrogen-bond donors (Lipinski definition) is 1. The maximum atomic E-state index is 12.5. The summed E-state index contributed by atoms with van der Waals surface area (Å²) in [4.78, 5) is 0. The van der Waals surface area contributed by atoms with Crippen LogP contribution in [0.4, 0.5) is 5.69 Å². The van der Waals surface area contributed by atoms with Crippen LogP contribution < -0.4 is 5.73 Å². The molecule has 1 fully saturated rings. The largest absolute Gasteiger partial charge is 0.399 e. The summed E-state index contributed by atoms with van der Waals surface area (Å²) in [6, 6.07) is 5.51. The lowest BCUT2D eigenvalue weighted by molar-refractivity contribution is 0.382. The van der Waals surface area contributed by atoms with Gasteiger partial charge in [-0.05, 0) is 42.9 Å². The van der Waals surface area contributed by atoms with Gasteiger partial charge in [0.05, 0.1) is 11.0 Å². The molecule has 3 nitrogen and oxygen atoms in total. The maximum absolute atomic E-state index is 12.5. The lowest BCUT2D eigenvalue weighted by atomic mass is 9.91. The second kappa shape index (κ2) is 5.53. The number of benzene rings is 1. The van der Waals surface area contributed by atoms with E-state index in [4.69, 9.17) is 5.73 Å². The van der Waals surface area contributed by atoms with E-state index in [9.17, 15) is 8.42 Å². The van der Waals surface area contributed by atoms with Gasteiger partial charge >= 0.3 is 0 Å². The van der Waals surface area contributed by atoms with E-state index in [2.05, 4.69) is 6.92 Å². The van der Waals surface area contributed by atoms with Gasteiger partial charge in [-0.3, -0.25) is 0 Å². The van der Waals surface area contributed by atoms with Gasteiger partial charge in [0, 0.05) is 5.69 Å². The van der Waals surface area contributed by atoms with Crippen molar-refractivity contribution < 1.29 is 8.42 Å². The predicted octanol–water partition coefficient (Wildman–Crippen LogP) is 3.07. The third-order valence-electron chi connectivity index (χ3n) is 4.24. The fourth-order valence-electron chi connectivity index (χ4n) is 2.90. The molecule has 0 radical (unpaired) electrons. The molecule has 0 aliphatic heterocycles. The second-order valence-corrected chi connectivity index (χ2v) is 8.11. The molecule has 4 heteroatoms. The first kappa shape index (κ1) is 14.4. The number of hydrogen-bond acceptors (Lipinski definition) is 3. The van der Waals surface area contributed by atoms with Crippen LogP contribution in [-0.2, 0) is 15.6 Å². The van der Waals surface area contributed by atoms with Crippen molar-refractivity contribution in [3.8, 4) is 0 Å². The van der Waals surface area contributed by atoms with Gasteiger partial charge in [0.2, 0.25) is 0 Å². The molecule has 0 heterocycles. The van der Waals surface area contributed by atoms with Crippen LogP contribution in [0.3, 0.4) is 0 Å². The SMILES string of the molecule is Cc1c(N)cccc1CS(=O)(=O)C1CCCC(C)C1. The highest BCUT2D eigenvalue weighted by molar-refractivity contribution is 7.91. The Labute approximate surface area is 116 Å². The van der Waals surface area contributed by atoms with Gasteiger partial charge in [-0.1, -0.05) is 31.9 Å². The Balaban J connectivity index is 2.19. The van der Waals surface area contributed by atoms with E-state index in [0.717, 1.165) is 36.8 Å². The molecular formula is C15H23NO2S. The first-order chi connectivity index (χ1) is 8.90. The van der Waals surface area contributed by atoms with Gasteiger partial charge in [0.15, 0.2) is 9.84 Å². The second-order valence-electron chi connectivity index (χ2n) is 5.83. The number of rotatable bonds is 3. The van der Waals surface area contributed by atoms with Crippen LogP contribution in [0.25, 0.3) is 0 Å². The van der Waals surface area contributed by atoms with Crippen molar-refractivity contribution in [2.75, 3.05) is 5.73 Å². The van der Waals surface area contributed by atoms with Crippen molar-refractivity contribution in [2.45, 2.75) is 50.5 Å². The summed E-state index contributed by atoms with van der Waals surface area (Å²) in [5, 5.41) is -0.169. The minimum Gasteiger partial charge on any atom is -0.399 e. The number of nitrogen functional groups attached to an aromatic ring is 1. The highest BCUT2D eigenvalue weighted by Gasteiger charge is 2.30. The number of nitrogens with two attached hydrogens (primary N) is 1. The number of anilines is 1. The summed E-state index contributed by atoms with van der Waals surface area (Å²) in [5.74, 6) is 0.650. The molecule has 0 saturated heterocycles. The minimum absolute atomic E-state index is 0.126. The van der Waals surface area contributed by atoms with Crippen LogP contribution >= 0.6 is 0 Å². The minimum atomic E-state index is -3.06. The first-order valence-electron chi connectivity index (χ1n) is 6.95. The Bertz CT molecular complexity index is 551. The van der Waals surface area contributed by atoms with E-state index in [0.29, 0.717) is 11.6 Å². The van der Waals surface area contributed by atoms with Crippen molar-refractivity contribution in [3.63, 3.8) is 0 Å². The summed E-state index contributed by atoms with van der Waals surface area (Å²) in [6.07, 6.45) is 3.81. The Morgan fingerprint density at radius 1 is 1.32 bits per heavy atom. The fraction of sp³-hybridized carbons (Fsp3) is 0.600. The fourth-order valence-corrected chi connectivity index (χ4v) is 5.03. The van der Waals surface area contributed by atoms with Gasteiger partial charge in [-0.15, -0.1) is 0 Å². The van der Waals surface area contributed by atoms with Crippen molar-refractivity contribution >= 4 is 15.5 Å². The highest BCUT2D eigenvalue weighted by atomic mass is 32.2. The highest BCUT2D eigenvalue weighted by Crippen LogP contribution is 2.30. The van der Waals surface area contributed by atoms with Crippen molar-refractivity contribution in [2.24, 2.45) is 5.92 Å². The summed E-state index contributed by atoms with van der Waals surface area (Å²) >= 11 is 0. The third kappa shape index (κ3) is 3.30. The monoisotopic (exact) mass is 281 g/mol. The Morgan fingerprint density at radius 2 is 2.05 bits per heavy atom. The Hall–Kier alpha value is -1.03. The topological polar surface area (TPSA) is 60.2 Å². The molecule has 0 spiro atoms. The van der Waals surface area contributed by atoms with Crippen LogP contribution in [-0.4, -0.2) is 13.7 Å². The normalized spacial score (nSPS) is 24.3. The van der Waals surface area contributed by atoms with Crippen LogP contribution in [0, 0.1) is 12.8 Å². The van der Waals surface area contributed by atoms with Crippen LogP contribution in [0.15, 0.2) is 18.2 Å². The van der Waals surface area contributed by atoms with Gasteiger partial charge in [0.25, 0.3) is 0 Å². The number of sulfone groups is 1. The summed E-state index contributed by atoms with van der Waals surface area (Å²) in [7, 11) is -3.06. The molecule has 1 saturated carbocycles. The van der Waals surface area contributed by atoms with Crippen molar-refractivity contribution in [1.82, 2.24) is 0 Å². The van der Waals surface area contributed by atoms with Crippen molar-refractivity contribution in [3.05, 3.63) is 29.3 Å². The third-order valence-corrected chi connectivity index (χ3v) is 6.40. The van der Waals surface area contributed by atoms with E-state index < -0.39 is 9.84 Å². The maximum Gasteiger partial charge on any atom is 0.157 e. The van der Waals surface area contributed by atoms with Gasteiger partial charge in [-0.25, -0.2) is 8.42 Å². The quantitative estimate of drug-likeness (QED) is 0.866. The first-order valence-corrected chi connectivity index (χ1v) is 8.67. The smallest absolute Gasteiger partial charge is 0.157 e. The molecule has 19 heavy (non-hydrogen) atoms. The molecule has 2 atom stereocenters. The summed E-state index contributed by atoms with van der Waals surface area (Å²) < 4.78 is 25.0. The molecule has 1 aliphatic rings. The summed E-state index contributed by atoms with van der Waals surface area (Å²) in [5.41, 5.74) is 8.26.